The summed E-state index contributed by atoms with van der Waals surface area (Å²) < 4.78 is 13.0. The van der Waals surface area contributed by atoms with Crippen LogP contribution >= 0.6 is 11.6 Å². The standard InChI is InChI=1S/C42H46ClNO3Si/c1-42(2,3)48(37-21-13-7-14-22-37,38-23-15-8-16-24-38)47-32-40(39(29-41(45)46-4)35-25-27-36(43)28-26-35)44(30-33-17-9-5-10-18-33)31-34-19-11-6-12-20-34/h5-28,39-40H,29-32H2,1-4H3/t39-,40+/m1/s1. The summed E-state index contributed by atoms with van der Waals surface area (Å²) in [5.41, 5.74) is 3.40. The molecule has 0 aliphatic carbocycles. The Kier molecular flexibility index (Phi) is 12.1. The van der Waals surface area contributed by atoms with Crippen LogP contribution in [-0.2, 0) is 27.0 Å². The number of ether oxygens (including phenoxy) is 1. The monoisotopic (exact) mass is 675 g/mol. The number of carbonyl (C=O) groups is 1. The van der Waals surface area contributed by atoms with Crippen LogP contribution in [0.4, 0.5) is 0 Å². The van der Waals surface area contributed by atoms with Crippen molar-refractivity contribution in [1.29, 1.82) is 0 Å². The van der Waals surface area contributed by atoms with Crippen LogP contribution in [0.1, 0.15) is 49.8 Å². The van der Waals surface area contributed by atoms with Gasteiger partial charge in [0.15, 0.2) is 0 Å². The van der Waals surface area contributed by atoms with E-state index in [1.165, 1.54) is 28.6 Å². The van der Waals surface area contributed by atoms with Gasteiger partial charge in [-0.1, -0.05) is 166 Å². The second kappa shape index (κ2) is 16.4. The second-order valence-corrected chi connectivity index (χ2v) is 18.1. The Morgan fingerprint density at radius 1 is 0.688 bits per heavy atom. The van der Waals surface area contributed by atoms with Gasteiger partial charge in [-0.05, 0) is 44.2 Å². The lowest BCUT2D eigenvalue weighted by Crippen LogP contribution is -2.67. The number of nitrogens with zero attached hydrogens (tertiary/aromatic N) is 1. The van der Waals surface area contributed by atoms with E-state index in [0.717, 1.165) is 5.56 Å². The first kappa shape index (κ1) is 35.3. The zero-order chi connectivity index (χ0) is 34.0. The predicted octanol–water partition coefficient (Wildman–Crippen LogP) is 8.63. The fourth-order valence-electron chi connectivity index (χ4n) is 6.82. The summed E-state index contributed by atoms with van der Waals surface area (Å²) in [5.74, 6) is -0.495. The Hall–Kier alpha value is -4.00. The number of esters is 1. The van der Waals surface area contributed by atoms with Gasteiger partial charge in [-0.15, -0.1) is 0 Å². The SMILES string of the molecule is COC(=O)C[C@H](c1ccc(Cl)cc1)[C@H](CO[Si](c1ccccc1)(c1ccccc1)C(C)(C)C)N(Cc1ccccc1)Cc1ccccc1. The fraction of sp³-hybridized carbons (Fsp3) is 0.262. The normalized spacial score (nSPS) is 13.2. The van der Waals surface area contributed by atoms with Crippen LogP contribution in [0.2, 0.25) is 10.1 Å². The largest absolute Gasteiger partial charge is 0.469 e. The van der Waals surface area contributed by atoms with Crippen molar-refractivity contribution in [1.82, 2.24) is 4.90 Å². The minimum Gasteiger partial charge on any atom is -0.469 e. The molecule has 0 saturated carbocycles. The zero-order valence-electron chi connectivity index (χ0n) is 28.4. The van der Waals surface area contributed by atoms with Gasteiger partial charge < -0.3 is 9.16 Å². The molecule has 0 saturated heterocycles. The van der Waals surface area contributed by atoms with Gasteiger partial charge in [0, 0.05) is 30.1 Å². The Balaban J connectivity index is 1.69. The number of rotatable bonds is 14. The Labute approximate surface area is 292 Å². The quantitative estimate of drug-likeness (QED) is 0.0873. The van der Waals surface area contributed by atoms with E-state index < -0.39 is 8.32 Å². The number of benzene rings is 5. The van der Waals surface area contributed by atoms with Gasteiger partial charge in [0.2, 0.25) is 0 Å². The Morgan fingerprint density at radius 2 is 1.12 bits per heavy atom. The van der Waals surface area contributed by atoms with Crippen LogP contribution in [0.15, 0.2) is 146 Å². The third-order valence-electron chi connectivity index (χ3n) is 9.19. The summed E-state index contributed by atoms with van der Waals surface area (Å²) in [6, 6.07) is 50.2. The predicted molar refractivity (Wildman–Crippen MR) is 200 cm³/mol. The first-order valence-corrected chi connectivity index (χ1v) is 18.9. The molecule has 0 bridgehead atoms. The van der Waals surface area contributed by atoms with Crippen molar-refractivity contribution in [2.24, 2.45) is 0 Å². The summed E-state index contributed by atoms with van der Waals surface area (Å²) in [6.45, 7) is 8.64. The fourth-order valence-corrected chi connectivity index (χ4v) is 11.5. The smallest absolute Gasteiger partial charge is 0.306 e. The molecule has 5 aromatic rings. The maximum absolute atomic E-state index is 13.2. The van der Waals surface area contributed by atoms with Crippen LogP contribution in [0.3, 0.4) is 0 Å². The topological polar surface area (TPSA) is 38.8 Å². The first-order valence-electron chi connectivity index (χ1n) is 16.6. The lowest BCUT2D eigenvalue weighted by Gasteiger charge is -2.46. The molecule has 0 spiro atoms. The molecule has 0 aliphatic heterocycles. The van der Waals surface area contributed by atoms with E-state index >= 15 is 0 Å². The summed E-state index contributed by atoms with van der Waals surface area (Å²) in [6.07, 6.45) is 0.201. The molecule has 0 aliphatic rings. The lowest BCUT2D eigenvalue weighted by atomic mass is 9.87. The van der Waals surface area contributed by atoms with Gasteiger partial charge >= 0.3 is 5.97 Å². The highest BCUT2D eigenvalue weighted by Crippen LogP contribution is 2.39. The van der Waals surface area contributed by atoms with Crippen LogP contribution in [0, 0.1) is 0 Å². The van der Waals surface area contributed by atoms with E-state index in [0.29, 0.717) is 24.7 Å². The Morgan fingerprint density at radius 3 is 1.54 bits per heavy atom. The summed E-state index contributed by atoms with van der Waals surface area (Å²) in [7, 11) is -1.45. The number of hydrogen-bond donors (Lipinski definition) is 0. The van der Waals surface area contributed by atoms with Crippen molar-refractivity contribution in [2.75, 3.05) is 13.7 Å². The van der Waals surface area contributed by atoms with E-state index in [1.54, 1.807) is 0 Å². The highest BCUT2D eigenvalue weighted by Gasteiger charge is 2.51. The summed E-state index contributed by atoms with van der Waals surface area (Å²) >= 11 is 6.39. The van der Waals surface area contributed by atoms with Crippen LogP contribution in [-0.4, -0.2) is 38.9 Å². The average Bonchev–Trinajstić information content (AvgIpc) is 3.11. The maximum Gasteiger partial charge on any atom is 0.306 e. The number of carbonyl (C=O) groups excluding carboxylic acids is 1. The summed E-state index contributed by atoms with van der Waals surface area (Å²) in [5, 5.41) is 2.88. The highest BCUT2D eigenvalue weighted by molar-refractivity contribution is 6.99. The number of hydrogen-bond acceptors (Lipinski definition) is 4. The van der Waals surface area contributed by atoms with Crippen LogP contribution < -0.4 is 10.4 Å². The molecular weight excluding hydrogens is 630 g/mol. The van der Waals surface area contributed by atoms with Crippen molar-refractivity contribution in [3.63, 3.8) is 0 Å². The Bertz CT molecular complexity index is 1610. The molecule has 0 heterocycles. The van der Waals surface area contributed by atoms with E-state index in [-0.39, 0.29) is 29.4 Å². The summed E-state index contributed by atoms with van der Waals surface area (Å²) in [4.78, 5) is 15.7. The molecule has 2 atom stereocenters. The molecule has 4 nitrogen and oxygen atoms in total. The van der Waals surface area contributed by atoms with Crippen LogP contribution in [0.5, 0.6) is 0 Å². The molecule has 248 valence electrons. The van der Waals surface area contributed by atoms with Crippen molar-refractivity contribution < 1.29 is 14.0 Å². The molecule has 0 radical (unpaired) electrons. The van der Waals surface area contributed by atoms with Crippen molar-refractivity contribution in [3.8, 4) is 0 Å². The van der Waals surface area contributed by atoms with Gasteiger partial charge in [0.25, 0.3) is 8.32 Å². The van der Waals surface area contributed by atoms with E-state index in [9.17, 15) is 4.79 Å². The third-order valence-corrected chi connectivity index (χ3v) is 14.4. The van der Waals surface area contributed by atoms with Gasteiger partial charge in [-0.25, -0.2) is 0 Å². The van der Waals surface area contributed by atoms with E-state index in [4.69, 9.17) is 20.8 Å². The van der Waals surface area contributed by atoms with Crippen molar-refractivity contribution in [2.45, 2.75) is 57.3 Å². The van der Waals surface area contributed by atoms with E-state index in [2.05, 4.69) is 135 Å². The molecule has 5 aromatic carbocycles. The minimum atomic E-state index is -2.91. The molecule has 0 aromatic heterocycles. The molecule has 0 unspecified atom stereocenters. The number of methoxy groups -OCH3 is 1. The molecule has 0 N–H and O–H groups in total. The van der Waals surface area contributed by atoms with Crippen molar-refractivity contribution in [3.05, 3.63) is 167 Å². The highest BCUT2D eigenvalue weighted by atomic mass is 35.5. The third kappa shape index (κ3) is 8.52. The maximum atomic E-state index is 13.2. The first-order chi connectivity index (χ1) is 23.2. The number of halogens is 1. The van der Waals surface area contributed by atoms with Crippen molar-refractivity contribution >= 4 is 36.3 Å². The van der Waals surface area contributed by atoms with Gasteiger partial charge in [0.05, 0.1) is 20.1 Å². The average molecular weight is 676 g/mol. The molecule has 6 heteroatoms. The molecule has 48 heavy (non-hydrogen) atoms. The van der Waals surface area contributed by atoms with Gasteiger partial charge in [0.1, 0.15) is 0 Å². The van der Waals surface area contributed by atoms with E-state index in [1.807, 2.05) is 36.4 Å². The lowest BCUT2D eigenvalue weighted by molar-refractivity contribution is -0.141. The molecular formula is C42H46ClNO3Si. The van der Waals surface area contributed by atoms with Crippen LogP contribution in [0.25, 0.3) is 0 Å². The molecule has 0 fully saturated rings. The van der Waals surface area contributed by atoms with Gasteiger partial charge in [-0.3, -0.25) is 9.69 Å². The second-order valence-electron chi connectivity index (χ2n) is 13.4. The molecule has 0 amide bonds. The molecule has 5 rings (SSSR count). The minimum absolute atomic E-state index is 0.201. The van der Waals surface area contributed by atoms with Gasteiger partial charge in [-0.2, -0.15) is 0 Å². The zero-order valence-corrected chi connectivity index (χ0v) is 30.1.